The second-order valence-corrected chi connectivity index (χ2v) is 6.91. The molecule has 3 nitrogen and oxygen atoms in total. The smallest absolute Gasteiger partial charge is 0.336 e. The zero-order valence-electron chi connectivity index (χ0n) is 13.9. The molecule has 0 aromatic heterocycles. The SMILES string of the molecule is Cc1ccc([C@H]2Nc3c(C)ccc(C(=O)O)c3[C@H]3C=CC[C@H]32)cc1. The fraction of sp³-hybridized carbons (Fsp3) is 0.286. The molecule has 0 fully saturated rings. The van der Waals surface area contributed by atoms with Gasteiger partial charge in [-0.1, -0.05) is 48.0 Å². The summed E-state index contributed by atoms with van der Waals surface area (Å²) in [5.74, 6) is -0.320. The van der Waals surface area contributed by atoms with E-state index in [1.54, 1.807) is 6.07 Å². The van der Waals surface area contributed by atoms with E-state index in [1.807, 2.05) is 13.0 Å². The number of hydrogen-bond donors (Lipinski definition) is 2. The summed E-state index contributed by atoms with van der Waals surface area (Å²) in [4.78, 5) is 11.7. The quantitative estimate of drug-likeness (QED) is 0.780. The van der Waals surface area contributed by atoms with Gasteiger partial charge in [0.2, 0.25) is 0 Å². The van der Waals surface area contributed by atoms with Gasteiger partial charge in [-0.05, 0) is 48.9 Å². The summed E-state index contributed by atoms with van der Waals surface area (Å²) in [6.07, 6.45) is 5.36. The number of carboxylic acids is 1. The third kappa shape index (κ3) is 2.23. The second kappa shape index (κ2) is 5.52. The van der Waals surface area contributed by atoms with Crippen LogP contribution >= 0.6 is 0 Å². The zero-order valence-corrected chi connectivity index (χ0v) is 13.9. The van der Waals surface area contributed by atoms with Crippen molar-refractivity contribution in [3.05, 3.63) is 76.4 Å². The third-order valence-electron chi connectivity index (χ3n) is 5.39. The molecular weight excluding hydrogens is 298 g/mol. The Bertz CT molecular complexity index is 836. The van der Waals surface area contributed by atoms with Crippen LogP contribution in [0.25, 0.3) is 0 Å². The molecule has 122 valence electrons. The normalized spacial score (nSPS) is 24.2. The van der Waals surface area contributed by atoms with Crippen LogP contribution in [0.4, 0.5) is 5.69 Å². The van der Waals surface area contributed by atoms with Crippen molar-refractivity contribution >= 4 is 11.7 Å². The van der Waals surface area contributed by atoms with E-state index in [1.165, 1.54) is 11.1 Å². The van der Waals surface area contributed by atoms with E-state index in [0.717, 1.165) is 23.2 Å². The van der Waals surface area contributed by atoms with Crippen molar-refractivity contribution in [1.82, 2.24) is 0 Å². The Balaban J connectivity index is 1.86. The number of hydrogen-bond acceptors (Lipinski definition) is 2. The van der Waals surface area contributed by atoms with Crippen LogP contribution in [0.1, 0.15) is 51.0 Å². The number of carboxylic acid groups (broad SMARTS) is 1. The highest BCUT2D eigenvalue weighted by atomic mass is 16.4. The highest BCUT2D eigenvalue weighted by Gasteiger charge is 2.40. The van der Waals surface area contributed by atoms with E-state index in [0.29, 0.717) is 11.5 Å². The number of allylic oxidation sites excluding steroid dienone is 2. The van der Waals surface area contributed by atoms with E-state index in [9.17, 15) is 9.90 Å². The maximum atomic E-state index is 11.7. The lowest BCUT2D eigenvalue weighted by Crippen LogP contribution is -2.31. The van der Waals surface area contributed by atoms with Crippen LogP contribution in [0.3, 0.4) is 0 Å². The van der Waals surface area contributed by atoms with Gasteiger partial charge in [0.15, 0.2) is 0 Å². The average Bonchev–Trinajstić information content (AvgIpc) is 3.05. The van der Waals surface area contributed by atoms with Crippen LogP contribution in [-0.4, -0.2) is 11.1 Å². The Morgan fingerprint density at radius 3 is 2.58 bits per heavy atom. The summed E-state index contributed by atoms with van der Waals surface area (Å²) in [6, 6.07) is 12.5. The molecule has 3 heteroatoms. The summed E-state index contributed by atoms with van der Waals surface area (Å²) >= 11 is 0. The Hall–Kier alpha value is -2.55. The van der Waals surface area contributed by atoms with Gasteiger partial charge in [-0.15, -0.1) is 0 Å². The number of nitrogens with one attached hydrogen (secondary N) is 1. The Morgan fingerprint density at radius 1 is 1.12 bits per heavy atom. The summed E-state index contributed by atoms with van der Waals surface area (Å²) in [7, 11) is 0. The predicted octanol–water partition coefficient (Wildman–Crippen LogP) is 4.83. The van der Waals surface area contributed by atoms with Crippen LogP contribution < -0.4 is 5.32 Å². The van der Waals surface area contributed by atoms with Crippen molar-refractivity contribution in [1.29, 1.82) is 0 Å². The van der Waals surface area contributed by atoms with Gasteiger partial charge in [0.05, 0.1) is 11.6 Å². The first-order valence-corrected chi connectivity index (χ1v) is 8.43. The zero-order chi connectivity index (χ0) is 16.8. The molecule has 0 saturated carbocycles. The molecule has 0 spiro atoms. The average molecular weight is 319 g/mol. The summed E-state index contributed by atoms with van der Waals surface area (Å²) in [5, 5.41) is 13.3. The van der Waals surface area contributed by atoms with E-state index >= 15 is 0 Å². The van der Waals surface area contributed by atoms with Gasteiger partial charge in [0.1, 0.15) is 0 Å². The minimum absolute atomic E-state index is 0.165. The molecular formula is C21H21NO2. The highest BCUT2D eigenvalue weighted by molar-refractivity contribution is 5.93. The van der Waals surface area contributed by atoms with Crippen molar-refractivity contribution in [2.75, 3.05) is 5.32 Å². The number of fused-ring (bicyclic) bond motifs is 3. The van der Waals surface area contributed by atoms with Gasteiger partial charge < -0.3 is 10.4 Å². The molecule has 2 N–H and O–H groups in total. The summed E-state index contributed by atoms with van der Waals surface area (Å²) in [5.41, 5.74) is 5.99. The Labute approximate surface area is 142 Å². The lowest BCUT2D eigenvalue weighted by molar-refractivity contribution is 0.0695. The van der Waals surface area contributed by atoms with Gasteiger partial charge in [-0.3, -0.25) is 0 Å². The largest absolute Gasteiger partial charge is 0.478 e. The first-order chi connectivity index (χ1) is 11.6. The lowest BCUT2D eigenvalue weighted by atomic mass is 9.74. The predicted molar refractivity (Wildman–Crippen MR) is 95.7 cm³/mol. The van der Waals surface area contributed by atoms with E-state index < -0.39 is 5.97 Å². The van der Waals surface area contributed by atoms with E-state index in [-0.39, 0.29) is 12.0 Å². The fourth-order valence-corrected chi connectivity index (χ4v) is 4.15. The number of benzene rings is 2. The van der Waals surface area contributed by atoms with Gasteiger partial charge in [0.25, 0.3) is 0 Å². The van der Waals surface area contributed by atoms with Gasteiger partial charge in [-0.25, -0.2) is 4.79 Å². The lowest BCUT2D eigenvalue weighted by Gasteiger charge is -2.39. The third-order valence-corrected chi connectivity index (χ3v) is 5.39. The molecule has 4 rings (SSSR count). The van der Waals surface area contributed by atoms with E-state index in [2.05, 4.69) is 48.7 Å². The van der Waals surface area contributed by atoms with Crippen molar-refractivity contribution < 1.29 is 9.90 Å². The number of aromatic carboxylic acids is 1. The van der Waals surface area contributed by atoms with Gasteiger partial charge >= 0.3 is 5.97 Å². The fourth-order valence-electron chi connectivity index (χ4n) is 4.15. The molecule has 0 amide bonds. The highest BCUT2D eigenvalue weighted by Crippen LogP contribution is 2.51. The minimum Gasteiger partial charge on any atom is -0.478 e. The maximum Gasteiger partial charge on any atom is 0.336 e. The number of rotatable bonds is 2. The molecule has 2 aliphatic rings. The topological polar surface area (TPSA) is 49.3 Å². The molecule has 2 aromatic rings. The molecule has 0 bridgehead atoms. The maximum absolute atomic E-state index is 11.7. The molecule has 1 heterocycles. The van der Waals surface area contributed by atoms with Crippen LogP contribution in [0, 0.1) is 19.8 Å². The molecule has 2 aromatic carbocycles. The van der Waals surface area contributed by atoms with E-state index in [4.69, 9.17) is 0 Å². The first-order valence-electron chi connectivity index (χ1n) is 8.43. The molecule has 0 unspecified atom stereocenters. The van der Waals surface area contributed by atoms with Crippen LogP contribution in [0.2, 0.25) is 0 Å². The minimum atomic E-state index is -0.846. The number of anilines is 1. The van der Waals surface area contributed by atoms with Gasteiger partial charge in [0, 0.05) is 11.6 Å². The molecule has 1 aliphatic carbocycles. The van der Waals surface area contributed by atoms with Crippen LogP contribution in [0.5, 0.6) is 0 Å². The second-order valence-electron chi connectivity index (χ2n) is 6.91. The van der Waals surface area contributed by atoms with Crippen molar-refractivity contribution in [2.45, 2.75) is 32.2 Å². The molecule has 3 atom stereocenters. The first kappa shape index (κ1) is 15.0. The molecule has 1 aliphatic heterocycles. The van der Waals surface area contributed by atoms with Crippen molar-refractivity contribution in [3.8, 4) is 0 Å². The number of carbonyl (C=O) groups is 1. The summed E-state index contributed by atoms with van der Waals surface area (Å²) in [6.45, 7) is 4.14. The van der Waals surface area contributed by atoms with Crippen molar-refractivity contribution in [2.24, 2.45) is 5.92 Å². The Kier molecular flexibility index (Phi) is 3.45. The molecule has 0 saturated heterocycles. The monoisotopic (exact) mass is 319 g/mol. The Morgan fingerprint density at radius 2 is 1.88 bits per heavy atom. The standard InChI is InChI=1S/C21H21NO2/c1-12-6-9-14(10-7-12)20-16-5-3-4-15(16)18-17(21(23)24)11-8-13(2)19(18)22-20/h3-4,6-11,15-16,20,22H,5H2,1-2H3,(H,23,24)/t15-,16+,20+/m0/s1. The van der Waals surface area contributed by atoms with Crippen LogP contribution in [0.15, 0.2) is 48.6 Å². The molecule has 0 radical (unpaired) electrons. The van der Waals surface area contributed by atoms with Crippen molar-refractivity contribution in [3.63, 3.8) is 0 Å². The van der Waals surface area contributed by atoms with Gasteiger partial charge in [-0.2, -0.15) is 0 Å². The van der Waals surface area contributed by atoms with Crippen LogP contribution in [-0.2, 0) is 0 Å². The molecule has 24 heavy (non-hydrogen) atoms. The summed E-state index contributed by atoms with van der Waals surface area (Å²) < 4.78 is 0. The number of aryl methyl sites for hydroxylation is 2.